The van der Waals surface area contributed by atoms with Crippen LogP contribution in [-0.2, 0) is 32.6 Å². The minimum absolute atomic E-state index is 0.0842. The van der Waals surface area contributed by atoms with Crippen LogP contribution in [0.3, 0.4) is 0 Å². The van der Waals surface area contributed by atoms with Crippen molar-refractivity contribution in [3.05, 3.63) is 129 Å². The number of halogens is 1. The van der Waals surface area contributed by atoms with Gasteiger partial charge in [-0.15, -0.1) is 0 Å². The molecule has 0 spiro atoms. The molecule has 236 valence electrons. The number of hydrogen-bond acceptors (Lipinski definition) is 4. The first-order valence-electron chi connectivity index (χ1n) is 15.0. The molecule has 0 fully saturated rings. The third-order valence-electron chi connectivity index (χ3n) is 7.57. The molecule has 0 aromatic heterocycles. The number of carbonyl (C=O) groups excluding carboxylic acids is 2. The Morgan fingerprint density at radius 2 is 1.49 bits per heavy atom. The fraction of sp³-hybridized carbons (Fsp3) is 0.278. The lowest BCUT2D eigenvalue weighted by Crippen LogP contribution is -2.53. The van der Waals surface area contributed by atoms with Gasteiger partial charge in [0.05, 0.1) is 10.6 Å². The maximum atomic E-state index is 14.6. The van der Waals surface area contributed by atoms with Gasteiger partial charge in [-0.3, -0.25) is 13.9 Å². The molecule has 7 nitrogen and oxygen atoms in total. The third kappa shape index (κ3) is 8.83. The van der Waals surface area contributed by atoms with Crippen LogP contribution in [0.5, 0.6) is 0 Å². The number of anilines is 1. The van der Waals surface area contributed by atoms with Crippen molar-refractivity contribution >= 4 is 43.5 Å². The van der Waals surface area contributed by atoms with Crippen LogP contribution < -0.4 is 9.62 Å². The molecule has 0 aliphatic carbocycles. The summed E-state index contributed by atoms with van der Waals surface area (Å²) < 4.78 is 30.5. The first kappa shape index (κ1) is 33.9. The van der Waals surface area contributed by atoms with E-state index in [0.717, 1.165) is 38.7 Å². The molecule has 0 heterocycles. The number of benzene rings is 4. The van der Waals surface area contributed by atoms with Crippen molar-refractivity contribution in [2.45, 2.75) is 58.0 Å². The lowest BCUT2D eigenvalue weighted by Gasteiger charge is -2.34. The second kappa shape index (κ2) is 15.4. The predicted molar refractivity (Wildman–Crippen MR) is 184 cm³/mol. The second-order valence-electron chi connectivity index (χ2n) is 11.3. The van der Waals surface area contributed by atoms with E-state index in [1.54, 1.807) is 30.3 Å². The molecule has 0 saturated carbocycles. The van der Waals surface area contributed by atoms with E-state index in [4.69, 9.17) is 0 Å². The summed E-state index contributed by atoms with van der Waals surface area (Å²) in [4.78, 5) is 29.9. The van der Waals surface area contributed by atoms with Gasteiger partial charge in [-0.1, -0.05) is 101 Å². The van der Waals surface area contributed by atoms with Crippen LogP contribution in [0.4, 0.5) is 5.69 Å². The smallest absolute Gasteiger partial charge is 0.264 e. The van der Waals surface area contributed by atoms with E-state index in [0.29, 0.717) is 12.2 Å². The number of amides is 2. The highest BCUT2D eigenvalue weighted by Gasteiger charge is 2.35. The van der Waals surface area contributed by atoms with Gasteiger partial charge in [-0.2, -0.15) is 0 Å². The first-order chi connectivity index (χ1) is 21.5. The molecule has 0 radical (unpaired) electrons. The summed E-state index contributed by atoms with van der Waals surface area (Å²) in [5, 5.41) is 2.97. The van der Waals surface area contributed by atoms with Gasteiger partial charge in [0.1, 0.15) is 12.6 Å². The minimum atomic E-state index is -4.16. The molecule has 0 saturated heterocycles. The van der Waals surface area contributed by atoms with E-state index in [1.807, 2.05) is 94.4 Å². The Morgan fingerprint density at radius 3 is 2.13 bits per heavy atom. The van der Waals surface area contributed by atoms with E-state index >= 15 is 0 Å². The van der Waals surface area contributed by atoms with Gasteiger partial charge in [-0.25, -0.2) is 8.42 Å². The molecular formula is C36H40BrN3O4S. The average molecular weight is 691 g/mol. The maximum absolute atomic E-state index is 14.6. The highest BCUT2D eigenvalue weighted by Crippen LogP contribution is 2.29. The summed E-state index contributed by atoms with van der Waals surface area (Å²) >= 11 is 3.51. The minimum Gasteiger partial charge on any atom is -0.354 e. The van der Waals surface area contributed by atoms with Crippen LogP contribution in [0.25, 0.3) is 0 Å². The lowest BCUT2D eigenvalue weighted by atomic mass is 10.0. The van der Waals surface area contributed by atoms with Crippen LogP contribution in [0.1, 0.15) is 41.2 Å². The van der Waals surface area contributed by atoms with Crippen LogP contribution in [0.15, 0.2) is 106 Å². The van der Waals surface area contributed by atoms with Crippen molar-refractivity contribution < 1.29 is 18.0 Å². The van der Waals surface area contributed by atoms with E-state index in [9.17, 15) is 18.0 Å². The fourth-order valence-corrected chi connectivity index (χ4v) is 7.11. The molecule has 0 bridgehead atoms. The molecule has 4 aromatic carbocycles. The Morgan fingerprint density at radius 1 is 0.822 bits per heavy atom. The van der Waals surface area contributed by atoms with Crippen LogP contribution in [-0.4, -0.2) is 44.3 Å². The van der Waals surface area contributed by atoms with Crippen LogP contribution in [0, 0.1) is 20.8 Å². The molecule has 9 heteroatoms. The molecule has 0 aliphatic heterocycles. The number of carbonyl (C=O) groups is 2. The summed E-state index contributed by atoms with van der Waals surface area (Å²) in [5.74, 6) is -0.776. The first-order valence-corrected chi connectivity index (χ1v) is 17.2. The predicted octanol–water partition coefficient (Wildman–Crippen LogP) is 6.74. The van der Waals surface area contributed by atoms with Crippen molar-refractivity contribution in [1.82, 2.24) is 10.2 Å². The van der Waals surface area contributed by atoms with Gasteiger partial charge >= 0.3 is 0 Å². The molecule has 0 unspecified atom stereocenters. The second-order valence-corrected chi connectivity index (χ2v) is 14.0. The molecule has 45 heavy (non-hydrogen) atoms. The monoisotopic (exact) mass is 689 g/mol. The van der Waals surface area contributed by atoms with E-state index < -0.39 is 28.5 Å². The third-order valence-corrected chi connectivity index (χ3v) is 9.84. The normalized spacial score (nSPS) is 11.9. The van der Waals surface area contributed by atoms with E-state index in [2.05, 4.69) is 21.2 Å². The van der Waals surface area contributed by atoms with Crippen molar-refractivity contribution in [2.24, 2.45) is 0 Å². The molecule has 2 amide bonds. The summed E-state index contributed by atoms with van der Waals surface area (Å²) in [7, 11) is -4.16. The Balaban J connectivity index is 1.82. The summed E-state index contributed by atoms with van der Waals surface area (Å²) in [6.45, 7) is 7.71. The van der Waals surface area contributed by atoms with Crippen LogP contribution >= 0.6 is 15.9 Å². The van der Waals surface area contributed by atoms with E-state index in [-0.39, 0.29) is 23.8 Å². The Labute approximate surface area is 275 Å². The highest BCUT2D eigenvalue weighted by molar-refractivity contribution is 9.10. The van der Waals surface area contributed by atoms with Gasteiger partial charge in [0, 0.05) is 24.0 Å². The number of hydrogen-bond donors (Lipinski definition) is 1. The van der Waals surface area contributed by atoms with Gasteiger partial charge in [0.25, 0.3) is 10.0 Å². The summed E-state index contributed by atoms with van der Waals surface area (Å²) in [6.07, 6.45) is 1.00. The topological polar surface area (TPSA) is 86.8 Å². The number of aryl methyl sites for hydroxylation is 3. The lowest BCUT2D eigenvalue weighted by molar-refractivity contribution is -0.140. The fourth-order valence-electron chi connectivity index (χ4n) is 5.19. The zero-order valence-corrected chi connectivity index (χ0v) is 28.6. The number of sulfonamides is 1. The standard InChI is InChI=1S/C36H40BrN3O4S/c1-5-20-38-36(42)34(23-29-10-7-6-8-11-29)39(24-30-12-9-13-31(37)22-30)35(41)25-40(33-19-16-27(3)21-28(33)4)45(43,44)32-17-14-26(2)15-18-32/h6-19,21-22,34H,5,20,23-25H2,1-4H3,(H,38,42)/t34-/m0/s1. The number of nitrogens with zero attached hydrogens (tertiary/aromatic N) is 2. The summed E-state index contributed by atoms with van der Waals surface area (Å²) in [5.41, 5.74) is 4.72. The Bertz CT molecular complexity index is 1730. The zero-order valence-electron chi connectivity index (χ0n) is 26.2. The van der Waals surface area contributed by atoms with Crippen molar-refractivity contribution in [3.8, 4) is 0 Å². The van der Waals surface area contributed by atoms with Gasteiger partial charge in [0.2, 0.25) is 11.8 Å². The van der Waals surface area contributed by atoms with Crippen molar-refractivity contribution in [3.63, 3.8) is 0 Å². The Kier molecular flexibility index (Phi) is 11.6. The molecule has 1 N–H and O–H groups in total. The van der Waals surface area contributed by atoms with Gasteiger partial charge in [0.15, 0.2) is 0 Å². The number of nitrogens with one attached hydrogen (secondary N) is 1. The molecular weight excluding hydrogens is 650 g/mol. The van der Waals surface area contributed by atoms with Crippen LogP contribution in [0.2, 0.25) is 0 Å². The Hall–Kier alpha value is -3.95. The van der Waals surface area contributed by atoms with Crippen molar-refractivity contribution in [1.29, 1.82) is 0 Å². The average Bonchev–Trinajstić information content (AvgIpc) is 3.01. The van der Waals surface area contributed by atoms with Gasteiger partial charge in [-0.05, 0) is 74.2 Å². The summed E-state index contributed by atoms with van der Waals surface area (Å²) in [6, 6.07) is 28.3. The molecule has 1 atom stereocenters. The quantitative estimate of drug-likeness (QED) is 0.169. The highest BCUT2D eigenvalue weighted by atomic mass is 79.9. The zero-order chi connectivity index (χ0) is 32.6. The van der Waals surface area contributed by atoms with E-state index in [1.165, 1.54) is 9.21 Å². The molecule has 0 aliphatic rings. The molecule has 4 rings (SSSR count). The van der Waals surface area contributed by atoms with Gasteiger partial charge < -0.3 is 10.2 Å². The maximum Gasteiger partial charge on any atom is 0.264 e. The SMILES string of the molecule is CCCNC(=O)[C@H](Cc1ccccc1)N(Cc1cccc(Br)c1)C(=O)CN(c1ccc(C)cc1C)S(=O)(=O)c1ccc(C)cc1. The van der Waals surface area contributed by atoms with Crippen molar-refractivity contribution in [2.75, 3.05) is 17.4 Å². The molecule has 4 aromatic rings. The number of rotatable bonds is 13. The largest absolute Gasteiger partial charge is 0.354 e.